The summed E-state index contributed by atoms with van der Waals surface area (Å²) in [6.45, 7) is -0.414. The molecule has 146 valence electrons. The Morgan fingerprint density at radius 1 is 0.931 bits per heavy atom. The molecule has 0 aromatic heterocycles. The van der Waals surface area contributed by atoms with E-state index >= 15 is 0 Å². The summed E-state index contributed by atoms with van der Waals surface area (Å²) in [6, 6.07) is 15.5. The number of hydrogen-bond acceptors (Lipinski definition) is 5. The predicted octanol–water partition coefficient (Wildman–Crippen LogP) is 3.09. The number of amides is 3. The number of rotatable bonds is 5. The van der Waals surface area contributed by atoms with E-state index in [9.17, 15) is 14.4 Å². The number of methoxy groups -OCH3 is 2. The smallest absolute Gasteiger partial charge is 0.261 e. The van der Waals surface area contributed by atoms with Crippen molar-refractivity contribution in [1.82, 2.24) is 4.90 Å². The third kappa shape index (κ3) is 3.16. The molecule has 0 spiro atoms. The third-order valence-corrected chi connectivity index (χ3v) is 4.84. The standard InChI is InChI=1S/C22H18N2O5/c1-28-14-9-10-18(29-2)17(11-14)23-19(25)12-24-21(26)15-7-3-5-13-6-4-8-16(20(13)15)22(24)27/h3-11H,12H2,1-2H3,(H,23,25). The van der Waals surface area contributed by atoms with Crippen LogP contribution in [0.25, 0.3) is 10.8 Å². The van der Waals surface area contributed by atoms with Crippen LogP contribution in [0.2, 0.25) is 0 Å². The zero-order valence-corrected chi connectivity index (χ0v) is 15.9. The molecular weight excluding hydrogens is 372 g/mol. The van der Waals surface area contributed by atoms with Crippen LogP contribution in [-0.2, 0) is 4.79 Å². The molecule has 0 fully saturated rings. The van der Waals surface area contributed by atoms with Crippen LogP contribution < -0.4 is 14.8 Å². The zero-order valence-electron chi connectivity index (χ0n) is 15.9. The molecule has 0 saturated heterocycles. The number of anilines is 1. The van der Waals surface area contributed by atoms with Crippen LogP contribution in [0.1, 0.15) is 20.7 Å². The zero-order chi connectivity index (χ0) is 20.5. The first kappa shape index (κ1) is 18.5. The van der Waals surface area contributed by atoms with E-state index in [2.05, 4.69) is 5.32 Å². The average Bonchev–Trinajstić information content (AvgIpc) is 2.74. The van der Waals surface area contributed by atoms with Gasteiger partial charge in [-0.05, 0) is 29.7 Å². The Morgan fingerprint density at radius 2 is 1.59 bits per heavy atom. The van der Waals surface area contributed by atoms with Crippen LogP contribution in [0.5, 0.6) is 11.5 Å². The highest BCUT2D eigenvalue weighted by molar-refractivity contribution is 6.26. The normalized spacial score (nSPS) is 12.8. The van der Waals surface area contributed by atoms with Gasteiger partial charge in [-0.2, -0.15) is 0 Å². The van der Waals surface area contributed by atoms with Crippen molar-refractivity contribution < 1.29 is 23.9 Å². The Kier molecular flexibility index (Phi) is 4.64. The molecule has 0 unspecified atom stereocenters. The molecule has 1 aliphatic rings. The van der Waals surface area contributed by atoms with E-state index in [1.807, 2.05) is 12.1 Å². The van der Waals surface area contributed by atoms with Crippen LogP contribution >= 0.6 is 0 Å². The second-order valence-electron chi connectivity index (χ2n) is 6.52. The number of nitrogens with one attached hydrogen (secondary N) is 1. The maximum absolute atomic E-state index is 12.9. The van der Waals surface area contributed by atoms with Crippen molar-refractivity contribution in [1.29, 1.82) is 0 Å². The molecule has 29 heavy (non-hydrogen) atoms. The van der Waals surface area contributed by atoms with Gasteiger partial charge < -0.3 is 14.8 Å². The van der Waals surface area contributed by atoms with Gasteiger partial charge in [-0.25, -0.2) is 0 Å². The predicted molar refractivity (Wildman–Crippen MR) is 107 cm³/mol. The van der Waals surface area contributed by atoms with Crippen molar-refractivity contribution in [3.63, 3.8) is 0 Å². The second-order valence-corrected chi connectivity index (χ2v) is 6.52. The van der Waals surface area contributed by atoms with Gasteiger partial charge >= 0.3 is 0 Å². The van der Waals surface area contributed by atoms with Gasteiger partial charge in [-0.15, -0.1) is 0 Å². The first-order chi connectivity index (χ1) is 14.0. The Balaban J connectivity index is 1.61. The molecule has 7 nitrogen and oxygen atoms in total. The van der Waals surface area contributed by atoms with Gasteiger partial charge in [-0.3, -0.25) is 19.3 Å². The van der Waals surface area contributed by atoms with Crippen LogP contribution in [0, 0.1) is 0 Å². The summed E-state index contributed by atoms with van der Waals surface area (Å²) >= 11 is 0. The highest BCUT2D eigenvalue weighted by atomic mass is 16.5. The molecule has 0 atom stereocenters. The van der Waals surface area contributed by atoms with E-state index in [-0.39, 0.29) is 0 Å². The van der Waals surface area contributed by atoms with E-state index in [1.165, 1.54) is 14.2 Å². The van der Waals surface area contributed by atoms with Gasteiger partial charge in [0.25, 0.3) is 11.8 Å². The Bertz CT molecular complexity index is 1100. The number of carbonyl (C=O) groups excluding carboxylic acids is 3. The van der Waals surface area contributed by atoms with E-state index in [1.54, 1.807) is 42.5 Å². The lowest BCUT2D eigenvalue weighted by Crippen LogP contribution is -2.44. The first-order valence-corrected chi connectivity index (χ1v) is 8.93. The van der Waals surface area contributed by atoms with Crippen LogP contribution in [0.4, 0.5) is 5.69 Å². The lowest BCUT2D eigenvalue weighted by atomic mass is 9.94. The lowest BCUT2D eigenvalue weighted by Gasteiger charge is -2.26. The van der Waals surface area contributed by atoms with Crippen LogP contribution in [0.15, 0.2) is 54.6 Å². The number of ether oxygens (including phenoxy) is 2. The molecular formula is C22H18N2O5. The topological polar surface area (TPSA) is 84.9 Å². The fraction of sp³-hybridized carbons (Fsp3) is 0.136. The summed E-state index contributed by atoms with van der Waals surface area (Å²) in [7, 11) is 2.99. The maximum Gasteiger partial charge on any atom is 0.261 e. The summed E-state index contributed by atoms with van der Waals surface area (Å²) in [6.07, 6.45) is 0. The monoisotopic (exact) mass is 390 g/mol. The summed E-state index contributed by atoms with van der Waals surface area (Å²) in [4.78, 5) is 39.4. The van der Waals surface area contributed by atoms with Gasteiger partial charge in [0, 0.05) is 22.6 Å². The average molecular weight is 390 g/mol. The Hall–Kier alpha value is -3.87. The molecule has 0 saturated carbocycles. The largest absolute Gasteiger partial charge is 0.497 e. The van der Waals surface area contributed by atoms with Crippen molar-refractivity contribution in [3.05, 3.63) is 65.7 Å². The molecule has 3 aromatic rings. The minimum absolute atomic E-state index is 0.385. The van der Waals surface area contributed by atoms with Crippen molar-refractivity contribution in [2.75, 3.05) is 26.1 Å². The maximum atomic E-state index is 12.9. The second kappa shape index (κ2) is 7.27. The van der Waals surface area contributed by atoms with E-state index in [4.69, 9.17) is 9.47 Å². The molecule has 1 heterocycles. The fourth-order valence-electron chi connectivity index (χ4n) is 3.47. The van der Waals surface area contributed by atoms with Gasteiger partial charge in [0.2, 0.25) is 5.91 Å². The van der Waals surface area contributed by atoms with Gasteiger partial charge in [0.15, 0.2) is 0 Å². The van der Waals surface area contributed by atoms with Gasteiger partial charge in [-0.1, -0.05) is 24.3 Å². The van der Waals surface area contributed by atoms with Crippen LogP contribution in [0.3, 0.4) is 0 Å². The number of carbonyl (C=O) groups is 3. The number of imide groups is 1. The highest BCUT2D eigenvalue weighted by Gasteiger charge is 2.33. The van der Waals surface area contributed by atoms with E-state index < -0.39 is 24.3 Å². The van der Waals surface area contributed by atoms with E-state index in [0.29, 0.717) is 33.7 Å². The number of nitrogens with zero attached hydrogens (tertiary/aromatic N) is 1. The molecule has 0 bridgehead atoms. The van der Waals surface area contributed by atoms with Crippen molar-refractivity contribution >= 4 is 34.2 Å². The third-order valence-electron chi connectivity index (χ3n) is 4.84. The Morgan fingerprint density at radius 3 is 2.17 bits per heavy atom. The van der Waals surface area contributed by atoms with Crippen molar-refractivity contribution in [2.45, 2.75) is 0 Å². The summed E-state index contributed by atoms with van der Waals surface area (Å²) < 4.78 is 10.4. The Labute approximate surface area is 166 Å². The molecule has 3 aromatic carbocycles. The summed E-state index contributed by atoms with van der Waals surface area (Å²) in [5.74, 6) is -0.540. The molecule has 4 rings (SSSR count). The molecule has 3 amide bonds. The summed E-state index contributed by atoms with van der Waals surface area (Å²) in [5, 5.41) is 4.12. The number of hydrogen-bond donors (Lipinski definition) is 1. The quantitative estimate of drug-likeness (QED) is 0.677. The first-order valence-electron chi connectivity index (χ1n) is 8.93. The molecule has 1 aliphatic heterocycles. The number of benzene rings is 3. The molecule has 0 radical (unpaired) electrons. The van der Waals surface area contributed by atoms with E-state index in [0.717, 1.165) is 10.3 Å². The minimum Gasteiger partial charge on any atom is -0.497 e. The molecule has 0 aliphatic carbocycles. The molecule has 7 heteroatoms. The van der Waals surface area contributed by atoms with Crippen molar-refractivity contribution in [2.24, 2.45) is 0 Å². The SMILES string of the molecule is COc1ccc(OC)c(NC(=O)CN2C(=O)c3cccc4cccc(c34)C2=O)c1. The van der Waals surface area contributed by atoms with Gasteiger partial charge in [0.05, 0.1) is 19.9 Å². The van der Waals surface area contributed by atoms with Crippen LogP contribution in [-0.4, -0.2) is 43.4 Å². The molecule has 1 N–H and O–H groups in total. The summed E-state index contributed by atoms with van der Waals surface area (Å²) in [5.41, 5.74) is 1.20. The highest BCUT2D eigenvalue weighted by Crippen LogP contribution is 2.31. The minimum atomic E-state index is -0.523. The lowest BCUT2D eigenvalue weighted by molar-refractivity contribution is -0.116. The van der Waals surface area contributed by atoms with Crippen molar-refractivity contribution in [3.8, 4) is 11.5 Å². The fourth-order valence-corrected chi connectivity index (χ4v) is 3.47. The van der Waals surface area contributed by atoms with Gasteiger partial charge in [0.1, 0.15) is 18.0 Å².